The lowest BCUT2D eigenvalue weighted by Gasteiger charge is -2.24. The molecule has 0 aromatic heterocycles. The van der Waals surface area contributed by atoms with Crippen molar-refractivity contribution in [2.75, 3.05) is 47.5 Å². The van der Waals surface area contributed by atoms with Crippen LogP contribution < -0.4 is 0 Å². The van der Waals surface area contributed by atoms with E-state index in [4.69, 9.17) is 18.5 Å². The first-order chi connectivity index (χ1) is 20.4. The first-order valence-corrected chi connectivity index (χ1v) is 17.5. The number of hydrogen-bond acceptors (Lipinski definition) is 9. The number of hydrogen-bond donors (Lipinski definition) is 2. The summed E-state index contributed by atoms with van der Waals surface area (Å²) in [5.41, 5.74) is 0. The number of esters is 2. The highest BCUT2D eigenvalue weighted by atomic mass is 31.2. The SMILES string of the molecule is CCCCCCCCCCCCCCCC(=O)OCC(COP(=O)(O)OCC[N+](C)(C)C)OC(=O)CCC(O)/C=C/C=O. The minimum atomic E-state index is -4.43. The Kier molecular flexibility index (Phi) is 24.7. The van der Waals surface area contributed by atoms with Gasteiger partial charge in [-0.1, -0.05) is 90.0 Å². The number of carbonyl (C=O) groups is 3. The van der Waals surface area contributed by atoms with Crippen LogP contribution in [0, 0.1) is 0 Å². The lowest BCUT2D eigenvalue weighted by molar-refractivity contribution is -0.870. The Morgan fingerprint density at radius 1 is 0.814 bits per heavy atom. The zero-order valence-electron chi connectivity index (χ0n) is 27.1. The van der Waals surface area contributed by atoms with Crippen molar-refractivity contribution in [2.24, 2.45) is 0 Å². The highest BCUT2D eigenvalue weighted by molar-refractivity contribution is 7.47. The molecule has 0 aliphatic heterocycles. The number of allylic oxidation sites excluding steroid dienone is 1. The first kappa shape index (κ1) is 41.4. The van der Waals surface area contributed by atoms with E-state index in [1.165, 1.54) is 63.9 Å². The van der Waals surface area contributed by atoms with Gasteiger partial charge >= 0.3 is 19.8 Å². The molecule has 12 heteroatoms. The molecule has 2 N–H and O–H groups in total. The summed E-state index contributed by atoms with van der Waals surface area (Å²) in [4.78, 5) is 45.0. The summed E-state index contributed by atoms with van der Waals surface area (Å²) in [6, 6.07) is 0. The Hall–Kier alpha value is -1.62. The number of likely N-dealkylation sites (N-methyl/N-ethyl adjacent to an activating group) is 1. The van der Waals surface area contributed by atoms with E-state index < -0.39 is 38.6 Å². The third-order valence-electron chi connectivity index (χ3n) is 6.71. The van der Waals surface area contributed by atoms with Gasteiger partial charge in [-0.2, -0.15) is 0 Å². The van der Waals surface area contributed by atoms with Gasteiger partial charge in [-0.05, 0) is 18.9 Å². The average Bonchev–Trinajstić information content (AvgIpc) is 2.93. The largest absolute Gasteiger partial charge is 0.472 e. The number of aliphatic hydroxyl groups is 1. The molecule has 0 aromatic rings. The van der Waals surface area contributed by atoms with E-state index in [-0.39, 0.29) is 32.5 Å². The van der Waals surface area contributed by atoms with Crippen LogP contribution in [0.5, 0.6) is 0 Å². The second-order valence-electron chi connectivity index (χ2n) is 12.0. The van der Waals surface area contributed by atoms with Crippen molar-refractivity contribution in [2.45, 2.75) is 122 Å². The number of nitrogens with zero attached hydrogens (tertiary/aromatic N) is 1. The smallest absolute Gasteiger partial charge is 0.462 e. The maximum absolute atomic E-state index is 12.3. The molecule has 0 heterocycles. The van der Waals surface area contributed by atoms with Crippen molar-refractivity contribution in [3.05, 3.63) is 12.2 Å². The molecule has 0 aliphatic rings. The zero-order chi connectivity index (χ0) is 32.4. The summed E-state index contributed by atoms with van der Waals surface area (Å²) in [5, 5.41) is 9.77. The van der Waals surface area contributed by atoms with Crippen molar-refractivity contribution in [3.8, 4) is 0 Å². The Morgan fingerprint density at radius 3 is 1.91 bits per heavy atom. The van der Waals surface area contributed by atoms with Crippen LogP contribution in [-0.2, 0) is 37.5 Å². The average molecular weight is 637 g/mol. The van der Waals surface area contributed by atoms with Crippen molar-refractivity contribution >= 4 is 26.0 Å². The van der Waals surface area contributed by atoms with Crippen LogP contribution in [0.15, 0.2) is 12.2 Å². The van der Waals surface area contributed by atoms with E-state index in [9.17, 15) is 28.9 Å². The third-order valence-corrected chi connectivity index (χ3v) is 7.69. The lowest BCUT2D eigenvalue weighted by Crippen LogP contribution is -2.37. The molecule has 0 rings (SSSR count). The molecule has 0 radical (unpaired) electrons. The Balaban J connectivity index is 4.47. The van der Waals surface area contributed by atoms with Gasteiger partial charge in [-0.3, -0.25) is 23.4 Å². The van der Waals surface area contributed by atoms with Gasteiger partial charge in [0, 0.05) is 12.8 Å². The number of phosphoric acid groups is 1. The molecule has 0 amide bonds. The quantitative estimate of drug-likeness (QED) is 0.0263. The topological polar surface area (TPSA) is 146 Å². The van der Waals surface area contributed by atoms with E-state index >= 15 is 0 Å². The lowest BCUT2D eigenvalue weighted by atomic mass is 10.0. The molecular weight excluding hydrogens is 577 g/mol. The normalized spacial score (nSPS) is 14.7. The van der Waals surface area contributed by atoms with Crippen LogP contribution in [0.1, 0.15) is 110 Å². The highest BCUT2D eigenvalue weighted by Crippen LogP contribution is 2.43. The summed E-state index contributed by atoms with van der Waals surface area (Å²) in [6.07, 6.45) is 16.3. The summed E-state index contributed by atoms with van der Waals surface area (Å²) in [5.74, 6) is -1.18. The van der Waals surface area contributed by atoms with Crippen LogP contribution in [0.3, 0.4) is 0 Å². The summed E-state index contributed by atoms with van der Waals surface area (Å²) < 4.78 is 33.4. The van der Waals surface area contributed by atoms with Gasteiger partial charge < -0.3 is 24.0 Å². The van der Waals surface area contributed by atoms with Crippen molar-refractivity contribution in [1.29, 1.82) is 0 Å². The molecule has 0 aromatic carbocycles. The van der Waals surface area contributed by atoms with Crippen molar-refractivity contribution in [1.82, 2.24) is 0 Å². The van der Waals surface area contributed by atoms with Crippen molar-refractivity contribution in [3.63, 3.8) is 0 Å². The maximum Gasteiger partial charge on any atom is 0.472 e. The van der Waals surface area contributed by atoms with E-state index in [2.05, 4.69) is 6.92 Å². The first-order valence-electron chi connectivity index (χ1n) is 16.0. The second kappa shape index (κ2) is 25.7. The zero-order valence-corrected chi connectivity index (χ0v) is 28.0. The Bertz CT molecular complexity index is 815. The van der Waals surface area contributed by atoms with Crippen molar-refractivity contribution < 1.29 is 52.0 Å². The van der Waals surface area contributed by atoms with Crippen LogP contribution in [0.4, 0.5) is 0 Å². The van der Waals surface area contributed by atoms with Gasteiger partial charge in [-0.15, -0.1) is 0 Å². The molecule has 0 fully saturated rings. The van der Waals surface area contributed by atoms with Gasteiger partial charge in [0.15, 0.2) is 6.10 Å². The van der Waals surface area contributed by atoms with E-state index in [0.717, 1.165) is 25.3 Å². The predicted octanol–water partition coefficient (Wildman–Crippen LogP) is 5.66. The van der Waals surface area contributed by atoms with Gasteiger partial charge in [0.25, 0.3) is 0 Å². The summed E-state index contributed by atoms with van der Waals surface area (Å²) in [6.45, 7) is 1.79. The van der Waals surface area contributed by atoms with Gasteiger partial charge in [0.1, 0.15) is 26.0 Å². The molecule has 252 valence electrons. The maximum atomic E-state index is 12.3. The number of quaternary nitrogens is 1. The number of ether oxygens (including phenoxy) is 2. The molecule has 0 saturated heterocycles. The fraction of sp³-hybridized carbons (Fsp3) is 0.839. The molecule has 0 spiro atoms. The van der Waals surface area contributed by atoms with E-state index in [0.29, 0.717) is 23.7 Å². The van der Waals surface area contributed by atoms with Gasteiger partial charge in [-0.25, -0.2) is 4.57 Å². The highest BCUT2D eigenvalue weighted by Gasteiger charge is 2.27. The van der Waals surface area contributed by atoms with Crippen LogP contribution >= 0.6 is 7.82 Å². The Morgan fingerprint density at radius 2 is 1.37 bits per heavy atom. The number of carbonyl (C=O) groups excluding carboxylic acids is 3. The van der Waals surface area contributed by atoms with Crippen LogP contribution in [0.2, 0.25) is 0 Å². The molecule has 3 atom stereocenters. The fourth-order valence-corrected chi connectivity index (χ4v) is 4.83. The fourth-order valence-electron chi connectivity index (χ4n) is 4.09. The monoisotopic (exact) mass is 636 g/mol. The van der Waals surface area contributed by atoms with E-state index in [1.807, 2.05) is 21.1 Å². The van der Waals surface area contributed by atoms with E-state index in [1.54, 1.807) is 0 Å². The Labute approximate surface area is 259 Å². The third kappa shape index (κ3) is 28.9. The molecule has 3 unspecified atom stereocenters. The molecule has 0 saturated carbocycles. The minimum absolute atomic E-state index is 0.00223. The molecule has 11 nitrogen and oxygen atoms in total. The number of phosphoric ester groups is 1. The second-order valence-corrected chi connectivity index (χ2v) is 13.5. The summed E-state index contributed by atoms with van der Waals surface area (Å²) in [7, 11) is 1.27. The van der Waals surface area contributed by atoms with Gasteiger partial charge in [0.05, 0.1) is 33.9 Å². The van der Waals surface area contributed by atoms with Gasteiger partial charge in [0.2, 0.25) is 0 Å². The van der Waals surface area contributed by atoms with Crippen LogP contribution in [0.25, 0.3) is 0 Å². The number of aldehydes is 1. The molecule has 43 heavy (non-hydrogen) atoms. The van der Waals surface area contributed by atoms with Crippen LogP contribution in [-0.4, -0.2) is 92.4 Å². The summed E-state index contributed by atoms with van der Waals surface area (Å²) >= 11 is 0. The number of aliphatic hydroxyl groups excluding tert-OH is 1. The standard InChI is InChI=1S/C31H58NO10P/c1-5-6-7-8-9-10-11-12-13-14-15-16-17-20-30(35)39-26-29(42-31(36)22-21-28(34)19-18-24-33)27-41-43(37,38)40-25-23-32(2,3)4/h18-19,24,28-29,34H,5-17,20-23,25-27H2,1-4H3/p+1/b19-18+. The molecular formula is C31H59NO10P+. The molecule has 0 bridgehead atoms. The number of unbranched alkanes of at least 4 members (excludes halogenated alkanes) is 12. The molecule has 0 aliphatic carbocycles. The minimum Gasteiger partial charge on any atom is -0.462 e. The predicted molar refractivity (Wildman–Crippen MR) is 166 cm³/mol. The number of rotatable bonds is 29.